The van der Waals surface area contributed by atoms with E-state index < -0.39 is 4.92 Å². The molecule has 6 bridgehead atoms. The van der Waals surface area contributed by atoms with Gasteiger partial charge in [-0.15, -0.1) is 0 Å². The molecule has 7 rings (SSSR count). The van der Waals surface area contributed by atoms with Crippen molar-refractivity contribution >= 4 is 49.8 Å². The van der Waals surface area contributed by atoms with Crippen molar-refractivity contribution in [3.63, 3.8) is 0 Å². The third kappa shape index (κ3) is 2.53. The number of fused-ring (bicyclic) bond motifs is 15. The Kier molecular flexibility index (Phi) is 3.38. The molecule has 1 aliphatic rings. The monoisotopic (exact) mass is 431 g/mol. The van der Waals surface area contributed by atoms with Crippen molar-refractivity contribution in [2.75, 3.05) is 0 Å². The molecule has 0 radical (unpaired) electrons. The van der Waals surface area contributed by atoms with Crippen molar-refractivity contribution in [1.82, 2.24) is 29.9 Å². The van der Waals surface area contributed by atoms with E-state index in [1.807, 2.05) is 48.5 Å². The number of nitrogens with one attached hydrogen (secondary N) is 2. The Morgan fingerprint density at radius 3 is 1.61 bits per heavy atom. The Morgan fingerprint density at radius 2 is 1.09 bits per heavy atom. The number of hydrogen-bond donors (Lipinski definition) is 2. The molecule has 156 valence electrons. The molecule has 3 aromatic heterocycles. The second kappa shape index (κ2) is 6.30. The lowest BCUT2D eigenvalue weighted by atomic mass is 10.1. The van der Waals surface area contributed by atoms with Crippen LogP contribution in [0.15, 0.2) is 66.7 Å². The van der Waals surface area contributed by atoms with Gasteiger partial charge in [0.1, 0.15) is 22.6 Å². The summed E-state index contributed by atoms with van der Waals surface area (Å²) in [5.41, 5.74) is 3.76. The predicted molar refractivity (Wildman–Crippen MR) is 125 cm³/mol. The molecule has 0 atom stereocenters. The van der Waals surface area contributed by atoms with Crippen LogP contribution >= 0.6 is 0 Å². The molecule has 2 N–H and O–H groups in total. The molecule has 4 heterocycles. The van der Waals surface area contributed by atoms with Gasteiger partial charge in [0.15, 0.2) is 11.6 Å². The highest BCUT2D eigenvalue weighted by atomic mass is 16.6. The van der Waals surface area contributed by atoms with Gasteiger partial charge in [-0.2, -0.15) is 0 Å². The lowest BCUT2D eigenvalue weighted by molar-refractivity contribution is -0.384. The van der Waals surface area contributed by atoms with Crippen LogP contribution in [0, 0.1) is 10.1 Å². The number of nitro benzene ring substituents is 1. The van der Waals surface area contributed by atoms with Crippen LogP contribution in [0.4, 0.5) is 5.69 Å². The summed E-state index contributed by atoms with van der Waals surface area (Å²) in [6, 6.07) is 20.3. The van der Waals surface area contributed by atoms with Gasteiger partial charge < -0.3 is 9.97 Å². The summed E-state index contributed by atoms with van der Waals surface area (Å²) in [5, 5.41) is 15.0. The van der Waals surface area contributed by atoms with E-state index in [0.717, 1.165) is 21.5 Å². The maximum absolute atomic E-state index is 11.4. The first-order valence-corrected chi connectivity index (χ1v) is 10.3. The van der Waals surface area contributed by atoms with Gasteiger partial charge in [0.05, 0.1) is 4.92 Å². The first-order valence-electron chi connectivity index (χ1n) is 10.3. The fraction of sp³-hybridized carbons (Fsp3) is 0. The highest BCUT2D eigenvalue weighted by Gasteiger charge is 2.23. The Balaban J connectivity index is 1.73. The van der Waals surface area contributed by atoms with Gasteiger partial charge in [-0.05, 0) is 6.07 Å². The van der Waals surface area contributed by atoms with Gasteiger partial charge in [-0.25, -0.2) is 19.9 Å². The van der Waals surface area contributed by atoms with Crippen LogP contribution in [0.3, 0.4) is 0 Å². The summed E-state index contributed by atoms with van der Waals surface area (Å²) in [7, 11) is 0. The second-order valence-electron chi connectivity index (χ2n) is 7.82. The smallest absolute Gasteiger partial charge is 0.270 e. The number of benzene rings is 3. The highest BCUT2D eigenvalue weighted by Crippen LogP contribution is 2.37. The van der Waals surface area contributed by atoms with Crippen molar-refractivity contribution in [3.8, 4) is 22.8 Å². The highest BCUT2D eigenvalue weighted by molar-refractivity contribution is 6.07. The Bertz CT molecular complexity index is 1870. The number of aromatic amines is 2. The standard InChI is InChI=1S/C24H13N7O2/c32-31(33)12-9-10-17-18(11-12)24-29-22-16-8-4-3-7-15(16)20(27-22)25-19-13-5-1-2-6-14(13)21(26-19)28-23(17)30-24/h1-11H,(H2,25,26,27,28,29,30). The molecule has 9 heteroatoms. The van der Waals surface area contributed by atoms with Crippen molar-refractivity contribution in [2.45, 2.75) is 0 Å². The van der Waals surface area contributed by atoms with Gasteiger partial charge in [0, 0.05) is 44.8 Å². The lowest BCUT2D eigenvalue weighted by Gasteiger charge is -1.98. The number of nitro groups is 1. The van der Waals surface area contributed by atoms with Crippen LogP contribution in [0.1, 0.15) is 0 Å². The molecule has 9 nitrogen and oxygen atoms in total. The van der Waals surface area contributed by atoms with Gasteiger partial charge in [-0.3, -0.25) is 10.1 Å². The molecule has 0 saturated heterocycles. The summed E-state index contributed by atoms with van der Waals surface area (Å²) in [5.74, 6) is 0.802. The Hall–Kier alpha value is -4.92. The molecule has 0 saturated carbocycles. The molecular weight excluding hydrogens is 418 g/mol. The molecular formula is C24H13N7O2. The molecule has 6 aromatic rings. The van der Waals surface area contributed by atoms with Crippen molar-refractivity contribution in [1.29, 1.82) is 0 Å². The van der Waals surface area contributed by atoms with Crippen LogP contribution in [0.25, 0.3) is 66.9 Å². The lowest BCUT2D eigenvalue weighted by Crippen LogP contribution is -1.89. The van der Waals surface area contributed by atoms with Crippen LogP contribution in [-0.2, 0) is 0 Å². The summed E-state index contributed by atoms with van der Waals surface area (Å²) in [4.78, 5) is 36.8. The number of aromatic nitrogens is 6. The summed E-state index contributed by atoms with van der Waals surface area (Å²) >= 11 is 0. The van der Waals surface area contributed by atoms with E-state index in [9.17, 15) is 10.1 Å². The number of hydrogen-bond acceptors (Lipinski definition) is 6. The third-order valence-electron chi connectivity index (χ3n) is 5.91. The third-order valence-corrected chi connectivity index (χ3v) is 5.91. The first-order chi connectivity index (χ1) is 16.2. The molecule has 1 aliphatic heterocycles. The topological polar surface area (TPSA) is 126 Å². The molecule has 3 aromatic carbocycles. The average molecular weight is 431 g/mol. The number of rotatable bonds is 1. The number of H-pyrrole nitrogens is 2. The fourth-order valence-corrected chi connectivity index (χ4v) is 4.38. The zero-order valence-electron chi connectivity index (χ0n) is 16.9. The minimum Gasteiger partial charge on any atom is -0.324 e. The van der Waals surface area contributed by atoms with E-state index in [2.05, 4.69) is 15.0 Å². The zero-order chi connectivity index (χ0) is 22.1. The van der Waals surface area contributed by atoms with Crippen molar-refractivity contribution in [3.05, 3.63) is 76.8 Å². The second-order valence-corrected chi connectivity index (χ2v) is 7.82. The first kappa shape index (κ1) is 17.7. The van der Waals surface area contributed by atoms with Gasteiger partial charge >= 0.3 is 0 Å². The Labute approximate surface area is 184 Å². The minimum atomic E-state index is -0.424. The SMILES string of the molecule is O=[N+]([O-])c1ccc2c(c1)-c1nc-2nc2[nH]c(nc3[nH]c(n1)c1ccccc31)c1ccccc21. The zero-order valence-corrected chi connectivity index (χ0v) is 16.9. The van der Waals surface area contributed by atoms with E-state index in [0.29, 0.717) is 45.4 Å². The summed E-state index contributed by atoms with van der Waals surface area (Å²) in [6.07, 6.45) is 0. The van der Waals surface area contributed by atoms with Crippen LogP contribution in [0.5, 0.6) is 0 Å². The van der Waals surface area contributed by atoms with E-state index in [4.69, 9.17) is 15.0 Å². The molecule has 0 amide bonds. The maximum Gasteiger partial charge on any atom is 0.270 e. The summed E-state index contributed by atoms with van der Waals surface area (Å²) in [6.45, 7) is 0. The van der Waals surface area contributed by atoms with E-state index >= 15 is 0 Å². The van der Waals surface area contributed by atoms with Gasteiger partial charge in [0.2, 0.25) is 0 Å². The number of nitrogens with zero attached hydrogens (tertiary/aromatic N) is 5. The fourth-order valence-electron chi connectivity index (χ4n) is 4.38. The molecule has 0 spiro atoms. The summed E-state index contributed by atoms with van der Waals surface area (Å²) < 4.78 is 0. The number of non-ortho nitro benzene ring substituents is 1. The van der Waals surface area contributed by atoms with Crippen LogP contribution < -0.4 is 0 Å². The molecule has 0 aliphatic carbocycles. The van der Waals surface area contributed by atoms with E-state index in [1.165, 1.54) is 12.1 Å². The van der Waals surface area contributed by atoms with Crippen LogP contribution in [-0.4, -0.2) is 34.8 Å². The van der Waals surface area contributed by atoms with Gasteiger partial charge in [0.25, 0.3) is 5.69 Å². The molecule has 0 unspecified atom stereocenters. The normalized spacial score (nSPS) is 11.9. The van der Waals surface area contributed by atoms with Crippen molar-refractivity contribution < 1.29 is 4.92 Å². The quantitative estimate of drug-likeness (QED) is 0.271. The van der Waals surface area contributed by atoms with E-state index in [1.54, 1.807) is 6.07 Å². The average Bonchev–Trinajstić information content (AvgIpc) is 3.47. The van der Waals surface area contributed by atoms with Crippen LogP contribution in [0.2, 0.25) is 0 Å². The van der Waals surface area contributed by atoms with E-state index in [-0.39, 0.29) is 5.69 Å². The maximum atomic E-state index is 11.4. The molecule has 0 fully saturated rings. The Morgan fingerprint density at radius 1 is 0.606 bits per heavy atom. The van der Waals surface area contributed by atoms with Crippen molar-refractivity contribution in [2.24, 2.45) is 0 Å². The minimum absolute atomic E-state index is 0.0261. The van der Waals surface area contributed by atoms with Gasteiger partial charge in [-0.1, -0.05) is 48.5 Å². The molecule has 33 heavy (non-hydrogen) atoms. The largest absolute Gasteiger partial charge is 0.324 e. The predicted octanol–water partition coefficient (Wildman–Crippen LogP) is 5.22.